The van der Waals surface area contributed by atoms with Gasteiger partial charge in [0.25, 0.3) is 11.8 Å². The number of carbonyl (C=O) groups is 5. The number of amides is 3. The zero-order chi connectivity index (χ0) is 22.9. The van der Waals surface area contributed by atoms with E-state index >= 15 is 0 Å². The molecule has 9 nitrogen and oxygen atoms in total. The third kappa shape index (κ3) is 4.64. The number of fused-ring (bicyclic) bond motifs is 1. The van der Waals surface area contributed by atoms with Crippen molar-refractivity contribution in [1.29, 1.82) is 0 Å². The van der Waals surface area contributed by atoms with E-state index in [4.69, 9.17) is 9.47 Å². The number of thiophene rings is 1. The molecule has 162 valence electrons. The van der Waals surface area contributed by atoms with Gasteiger partial charge in [0.2, 0.25) is 0 Å². The van der Waals surface area contributed by atoms with Gasteiger partial charge in [0.1, 0.15) is 10.6 Å². The summed E-state index contributed by atoms with van der Waals surface area (Å²) in [4.78, 5) is 63.0. The lowest BCUT2D eigenvalue weighted by atomic mass is 10.1. The quantitative estimate of drug-likeness (QED) is 0.437. The first kappa shape index (κ1) is 22.2. The van der Waals surface area contributed by atoms with E-state index in [9.17, 15) is 24.0 Å². The molecule has 0 radical (unpaired) electrons. The van der Waals surface area contributed by atoms with Crippen LogP contribution in [0.15, 0.2) is 30.3 Å². The van der Waals surface area contributed by atoms with Crippen LogP contribution in [0.1, 0.15) is 56.7 Å². The van der Waals surface area contributed by atoms with Gasteiger partial charge in [-0.2, -0.15) is 0 Å². The van der Waals surface area contributed by atoms with Gasteiger partial charge >= 0.3 is 17.8 Å². The normalized spacial score (nSPS) is 13.1. The van der Waals surface area contributed by atoms with Crippen LogP contribution in [-0.4, -0.2) is 47.3 Å². The Balaban J connectivity index is 1.84. The zero-order valence-corrected chi connectivity index (χ0v) is 18.1. The minimum Gasteiger partial charge on any atom is -0.465 e. The predicted octanol–water partition coefficient (Wildman–Crippen LogP) is 2.61. The van der Waals surface area contributed by atoms with Crippen molar-refractivity contribution in [2.45, 2.75) is 32.9 Å². The minimum absolute atomic E-state index is 0.00369. The van der Waals surface area contributed by atoms with Crippen molar-refractivity contribution in [2.75, 3.05) is 12.4 Å². The number of methoxy groups -OCH3 is 1. The van der Waals surface area contributed by atoms with Gasteiger partial charge in [0.05, 0.1) is 30.3 Å². The predicted molar refractivity (Wildman–Crippen MR) is 111 cm³/mol. The highest BCUT2D eigenvalue weighted by Crippen LogP contribution is 2.32. The number of anilines is 1. The van der Waals surface area contributed by atoms with Crippen LogP contribution >= 0.6 is 11.3 Å². The van der Waals surface area contributed by atoms with Crippen LogP contribution in [0.3, 0.4) is 0 Å². The van der Waals surface area contributed by atoms with Gasteiger partial charge in [0, 0.05) is 4.88 Å². The summed E-state index contributed by atoms with van der Waals surface area (Å²) in [6.07, 6.45) is 0. The van der Waals surface area contributed by atoms with Gasteiger partial charge in [-0.05, 0) is 39.0 Å². The number of esters is 2. The lowest BCUT2D eigenvalue weighted by Crippen LogP contribution is -2.32. The Hall–Kier alpha value is -3.53. The average Bonchev–Trinajstić information content (AvgIpc) is 3.21. The van der Waals surface area contributed by atoms with Crippen molar-refractivity contribution < 1.29 is 33.4 Å². The summed E-state index contributed by atoms with van der Waals surface area (Å²) < 4.78 is 9.75. The molecule has 0 aliphatic carbocycles. The van der Waals surface area contributed by atoms with Gasteiger partial charge < -0.3 is 14.8 Å². The van der Waals surface area contributed by atoms with E-state index in [1.165, 1.54) is 13.2 Å². The fourth-order valence-electron chi connectivity index (χ4n) is 2.89. The Bertz CT molecular complexity index is 1060. The van der Waals surface area contributed by atoms with Crippen molar-refractivity contribution in [2.24, 2.45) is 0 Å². The van der Waals surface area contributed by atoms with E-state index in [0.29, 0.717) is 16.0 Å². The fraction of sp³-hybridized carbons (Fsp3) is 0.286. The van der Waals surface area contributed by atoms with Crippen molar-refractivity contribution in [1.82, 2.24) is 4.90 Å². The molecule has 1 aromatic heterocycles. The molecule has 0 bridgehead atoms. The summed E-state index contributed by atoms with van der Waals surface area (Å²) >= 11 is 0.950. The smallest absolute Gasteiger partial charge is 0.397 e. The van der Waals surface area contributed by atoms with Gasteiger partial charge in [-0.25, -0.2) is 9.59 Å². The SMILES string of the molecule is COC(=O)c1cc(CN2C(=O)c3ccccc3C2=O)sc1NC(=O)C(=O)OC(C)(C)C. The molecule has 0 fully saturated rings. The number of hydrogen-bond acceptors (Lipinski definition) is 8. The number of carbonyl (C=O) groups excluding carboxylic acids is 5. The van der Waals surface area contributed by atoms with Crippen LogP contribution in [0.2, 0.25) is 0 Å². The molecule has 1 aliphatic rings. The first-order chi connectivity index (χ1) is 14.5. The van der Waals surface area contributed by atoms with Crippen molar-refractivity contribution in [3.63, 3.8) is 0 Å². The summed E-state index contributed by atoms with van der Waals surface area (Å²) in [5.41, 5.74) is -0.270. The Morgan fingerprint density at radius 3 is 2.16 bits per heavy atom. The second kappa shape index (κ2) is 8.31. The highest BCUT2D eigenvalue weighted by Gasteiger charge is 2.36. The maximum absolute atomic E-state index is 12.6. The third-order valence-corrected chi connectivity index (χ3v) is 5.23. The average molecular weight is 444 g/mol. The third-order valence-electron chi connectivity index (χ3n) is 4.19. The molecule has 3 rings (SSSR count). The number of benzene rings is 1. The second-order valence-electron chi connectivity index (χ2n) is 7.65. The van der Waals surface area contributed by atoms with E-state index in [1.807, 2.05) is 0 Å². The number of imide groups is 1. The van der Waals surface area contributed by atoms with E-state index in [2.05, 4.69) is 5.32 Å². The lowest BCUT2D eigenvalue weighted by Gasteiger charge is -2.18. The maximum Gasteiger partial charge on any atom is 0.397 e. The van der Waals surface area contributed by atoms with Crippen LogP contribution in [-0.2, 0) is 25.6 Å². The Labute approximate surface area is 181 Å². The summed E-state index contributed by atoms with van der Waals surface area (Å²) in [6, 6.07) is 7.87. The second-order valence-corrected chi connectivity index (χ2v) is 8.78. The van der Waals surface area contributed by atoms with Gasteiger partial charge in [-0.15, -0.1) is 11.3 Å². The zero-order valence-electron chi connectivity index (χ0n) is 17.3. The molecular formula is C21H20N2O7S. The lowest BCUT2D eigenvalue weighted by molar-refractivity contribution is -0.161. The molecule has 31 heavy (non-hydrogen) atoms. The molecule has 3 amide bonds. The first-order valence-electron chi connectivity index (χ1n) is 9.22. The van der Waals surface area contributed by atoms with Gasteiger partial charge in [-0.3, -0.25) is 19.3 Å². The molecule has 0 spiro atoms. The van der Waals surface area contributed by atoms with Crippen molar-refractivity contribution in [3.8, 4) is 0 Å². The molecule has 0 saturated heterocycles. The summed E-state index contributed by atoms with van der Waals surface area (Å²) in [6.45, 7) is 4.74. The van der Waals surface area contributed by atoms with Gasteiger partial charge in [0.15, 0.2) is 0 Å². The van der Waals surface area contributed by atoms with Crippen LogP contribution in [0.4, 0.5) is 5.00 Å². The molecule has 0 unspecified atom stereocenters. The fourth-order valence-corrected chi connectivity index (χ4v) is 3.92. The number of nitrogens with one attached hydrogen (secondary N) is 1. The van der Waals surface area contributed by atoms with Crippen molar-refractivity contribution in [3.05, 3.63) is 51.9 Å². The highest BCUT2D eigenvalue weighted by atomic mass is 32.1. The van der Waals surface area contributed by atoms with E-state index in [1.54, 1.807) is 45.0 Å². The number of ether oxygens (including phenoxy) is 2. The summed E-state index contributed by atoms with van der Waals surface area (Å²) in [5.74, 6) is -3.82. The number of hydrogen-bond donors (Lipinski definition) is 1. The van der Waals surface area contributed by atoms with Crippen LogP contribution in [0, 0.1) is 0 Å². The number of rotatable bonds is 4. The summed E-state index contributed by atoms with van der Waals surface area (Å²) in [5, 5.41) is 2.40. The van der Waals surface area contributed by atoms with E-state index in [0.717, 1.165) is 16.2 Å². The molecule has 2 heterocycles. The van der Waals surface area contributed by atoms with E-state index in [-0.39, 0.29) is 17.1 Å². The highest BCUT2D eigenvalue weighted by molar-refractivity contribution is 7.16. The van der Waals surface area contributed by atoms with E-state index < -0.39 is 35.3 Å². The van der Waals surface area contributed by atoms with Gasteiger partial charge in [-0.1, -0.05) is 12.1 Å². The monoisotopic (exact) mass is 444 g/mol. The molecular weight excluding hydrogens is 424 g/mol. The molecule has 10 heteroatoms. The molecule has 1 aliphatic heterocycles. The molecule has 0 saturated carbocycles. The first-order valence-corrected chi connectivity index (χ1v) is 10.0. The Morgan fingerprint density at radius 1 is 1.06 bits per heavy atom. The van der Waals surface area contributed by atoms with Crippen LogP contribution in [0.5, 0.6) is 0 Å². The minimum atomic E-state index is -1.11. The molecule has 1 N–H and O–H groups in total. The molecule has 2 aromatic rings. The van der Waals surface area contributed by atoms with Crippen LogP contribution in [0.25, 0.3) is 0 Å². The Morgan fingerprint density at radius 2 is 1.65 bits per heavy atom. The van der Waals surface area contributed by atoms with Crippen molar-refractivity contribution >= 4 is 46.0 Å². The molecule has 1 aromatic carbocycles. The largest absolute Gasteiger partial charge is 0.465 e. The topological polar surface area (TPSA) is 119 Å². The Kier molecular flexibility index (Phi) is 5.94. The maximum atomic E-state index is 12.6. The number of nitrogens with zero attached hydrogens (tertiary/aromatic N) is 1. The standard InChI is InChI=1S/C21H20N2O7S/c1-21(2,3)30-20(28)15(24)22-16-14(19(27)29-4)9-11(31-16)10-23-17(25)12-7-5-6-8-13(12)18(23)26/h5-9H,10H2,1-4H3,(H,22,24). The summed E-state index contributed by atoms with van der Waals surface area (Å²) in [7, 11) is 1.17. The molecule has 0 atom stereocenters. The van der Waals surface area contributed by atoms with Crippen LogP contribution < -0.4 is 5.32 Å².